The second-order valence-electron chi connectivity index (χ2n) is 4.08. The molecule has 0 aliphatic heterocycles. The minimum atomic E-state index is 0.00195. The molecule has 0 amide bonds. The molecule has 0 radical (unpaired) electrons. The van der Waals surface area contributed by atoms with Gasteiger partial charge in [0.05, 0.1) is 11.6 Å². The van der Waals surface area contributed by atoms with Crippen LogP contribution in [0.2, 0.25) is 0 Å². The van der Waals surface area contributed by atoms with Crippen molar-refractivity contribution in [3.8, 4) is 0 Å². The first-order valence-corrected chi connectivity index (χ1v) is 6.60. The molecule has 0 fully saturated rings. The van der Waals surface area contributed by atoms with Gasteiger partial charge in [-0.15, -0.1) is 11.3 Å². The maximum Gasteiger partial charge on any atom is 0.0817 e. The predicted molar refractivity (Wildman–Crippen MR) is 75.2 cm³/mol. The lowest BCUT2D eigenvalue weighted by atomic mass is 10.1. The summed E-state index contributed by atoms with van der Waals surface area (Å²) < 4.78 is 0. The van der Waals surface area contributed by atoms with Crippen LogP contribution >= 0.6 is 11.3 Å². The number of fused-ring (bicyclic) bond motifs is 1. The van der Waals surface area contributed by atoms with Gasteiger partial charge in [-0.25, -0.2) is 5.43 Å². The minimum absolute atomic E-state index is 0.00195. The van der Waals surface area contributed by atoms with Gasteiger partial charge in [-0.3, -0.25) is 10.8 Å². The van der Waals surface area contributed by atoms with Crippen LogP contribution in [0.5, 0.6) is 0 Å². The molecule has 2 aromatic heterocycles. The Morgan fingerprint density at radius 3 is 2.83 bits per heavy atom. The summed E-state index contributed by atoms with van der Waals surface area (Å²) in [5.74, 6) is 5.67. The Balaban J connectivity index is 2.07. The molecule has 0 bridgehead atoms. The number of nitrogens with two attached hydrogens (primary N) is 1. The van der Waals surface area contributed by atoms with Crippen LogP contribution < -0.4 is 11.3 Å². The average molecular weight is 255 g/mol. The van der Waals surface area contributed by atoms with E-state index in [9.17, 15) is 0 Å². The van der Waals surface area contributed by atoms with Crippen LogP contribution in [0.25, 0.3) is 10.9 Å². The summed E-state index contributed by atoms with van der Waals surface area (Å²) in [7, 11) is 0. The summed E-state index contributed by atoms with van der Waals surface area (Å²) in [5, 5.41) is 3.18. The first-order chi connectivity index (χ1) is 8.88. The van der Waals surface area contributed by atoms with Crippen molar-refractivity contribution in [3.05, 3.63) is 64.5 Å². The maximum atomic E-state index is 5.67. The third kappa shape index (κ3) is 2.01. The van der Waals surface area contributed by atoms with Crippen molar-refractivity contribution >= 4 is 22.2 Å². The number of para-hydroxylation sites is 1. The summed E-state index contributed by atoms with van der Waals surface area (Å²) >= 11 is 1.69. The van der Waals surface area contributed by atoms with Crippen molar-refractivity contribution in [1.82, 2.24) is 10.4 Å². The summed E-state index contributed by atoms with van der Waals surface area (Å²) in [6.45, 7) is 0. The van der Waals surface area contributed by atoms with Gasteiger partial charge in [0.1, 0.15) is 0 Å². The van der Waals surface area contributed by atoms with Gasteiger partial charge < -0.3 is 0 Å². The standard InChI is InChI=1S/C14H13N3S/c15-17-14(13-6-3-7-18-13)11-8-10-4-1-2-5-12(10)16-9-11/h1-9,14,17H,15H2. The predicted octanol–water partition coefficient (Wildman–Crippen LogP) is 2.85. The number of nitrogens with zero attached hydrogens (tertiary/aromatic N) is 1. The van der Waals surface area contributed by atoms with E-state index in [-0.39, 0.29) is 6.04 Å². The average Bonchev–Trinajstić information content (AvgIpc) is 2.93. The first-order valence-electron chi connectivity index (χ1n) is 5.73. The van der Waals surface area contributed by atoms with E-state index in [1.807, 2.05) is 35.8 Å². The fraction of sp³-hybridized carbons (Fsp3) is 0.0714. The maximum absolute atomic E-state index is 5.67. The zero-order valence-corrected chi connectivity index (χ0v) is 10.5. The van der Waals surface area contributed by atoms with E-state index in [4.69, 9.17) is 5.84 Å². The number of hydrazine groups is 1. The molecule has 0 aliphatic rings. The highest BCUT2D eigenvalue weighted by Crippen LogP contribution is 2.26. The van der Waals surface area contributed by atoms with Crippen molar-refractivity contribution in [3.63, 3.8) is 0 Å². The third-order valence-corrected chi connectivity index (χ3v) is 3.88. The summed E-state index contributed by atoms with van der Waals surface area (Å²) in [6, 6.07) is 14.3. The molecule has 0 spiro atoms. The van der Waals surface area contributed by atoms with E-state index in [0.717, 1.165) is 16.5 Å². The summed E-state index contributed by atoms with van der Waals surface area (Å²) in [4.78, 5) is 5.66. The van der Waals surface area contributed by atoms with Crippen LogP contribution in [0, 0.1) is 0 Å². The molecular weight excluding hydrogens is 242 g/mol. The molecule has 1 unspecified atom stereocenters. The van der Waals surface area contributed by atoms with Crippen molar-refractivity contribution in [2.45, 2.75) is 6.04 Å². The molecular formula is C14H13N3S. The quantitative estimate of drug-likeness (QED) is 0.559. The van der Waals surface area contributed by atoms with Crippen molar-refractivity contribution in [2.24, 2.45) is 5.84 Å². The second-order valence-corrected chi connectivity index (χ2v) is 5.06. The second kappa shape index (κ2) is 4.86. The largest absolute Gasteiger partial charge is 0.271 e. The lowest BCUT2D eigenvalue weighted by Gasteiger charge is -2.14. The van der Waals surface area contributed by atoms with Crippen molar-refractivity contribution in [2.75, 3.05) is 0 Å². The van der Waals surface area contributed by atoms with E-state index in [0.29, 0.717) is 0 Å². The van der Waals surface area contributed by atoms with E-state index in [1.54, 1.807) is 11.3 Å². The number of pyridine rings is 1. The third-order valence-electron chi connectivity index (χ3n) is 2.94. The lowest BCUT2D eigenvalue weighted by Crippen LogP contribution is -2.28. The van der Waals surface area contributed by atoms with Gasteiger partial charge in [-0.2, -0.15) is 0 Å². The highest BCUT2D eigenvalue weighted by molar-refractivity contribution is 7.10. The molecule has 3 N–H and O–H groups in total. The van der Waals surface area contributed by atoms with Crippen LogP contribution in [-0.4, -0.2) is 4.98 Å². The Bertz CT molecular complexity index is 649. The van der Waals surface area contributed by atoms with E-state index >= 15 is 0 Å². The number of rotatable bonds is 3. The highest BCUT2D eigenvalue weighted by atomic mass is 32.1. The molecule has 90 valence electrons. The number of aromatic nitrogens is 1. The van der Waals surface area contributed by atoms with E-state index in [2.05, 4.69) is 28.6 Å². The zero-order chi connectivity index (χ0) is 12.4. The van der Waals surface area contributed by atoms with Crippen LogP contribution in [-0.2, 0) is 0 Å². The zero-order valence-electron chi connectivity index (χ0n) is 9.71. The lowest BCUT2D eigenvalue weighted by molar-refractivity contribution is 0.645. The Labute approximate surface area is 109 Å². The molecule has 3 aromatic rings. The SMILES string of the molecule is NNC(c1cnc2ccccc2c1)c1cccs1. The summed E-state index contributed by atoms with van der Waals surface area (Å²) in [6.07, 6.45) is 1.88. The van der Waals surface area contributed by atoms with Gasteiger partial charge >= 0.3 is 0 Å². The van der Waals surface area contributed by atoms with E-state index < -0.39 is 0 Å². The van der Waals surface area contributed by atoms with Crippen LogP contribution in [0.1, 0.15) is 16.5 Å². The number of hydrogen-bond donors (Lipinski definition) is 2. The monoisotopic (exact) mass is 255 g/mol. The number of nitrogens with one attached hydrogen (secondary N) is 1. The Hall–Kier alpha value is -1.75. The molecule has 2 heterocycles. The van der Waals surface area contributed by atoms with Crippen LogP contribution in [0.4, 0.5) is 0 Å². The summed E-state index contributed by atoms with van der Waals surface area (Å²) in [5.41, 5.74) is 4.94. The first kappa shape index (κ1) is 11.3. The Morgan fingerprint density at radius 1 is 1.17 bits per heavy atom. The molecule has 1 atom stereocenters. The van der Waals surface area contributed by atoms with Gasteiger partial charge in [0.2, 0.25) is 0 Å². The molecule has 0 saturated heterocycles. The molecule has 3 nitrogen and oxygen atoms in total. The fourth-order valence-corrected chi connectivity index (χ4v) is 2.86. The van der Waals surface area contributed by atoms with E-state index in [1.165, 1.54) is 4.88 Å². The number of benzene rings is 1. The Morgan fingerprint density at radius 2 is 2.06 bits per heavy atom. The molecule has 3 rings (SSSR count). The molecule has 1 aromatic carbocycles. The van der Waals surface area contributed by atoms with Gasteiger partial charge in [-0.05, 0) is 29.1 Å². The smallest absolute Gasteiger partial charge is 0.0817 e. The minimum Gasteiger partial charge on any atom is -0.271 e. The highest BCUT2D eigenvalue weighted by Gasteiger charge is 2.13. The number of hydrogen-bond acceptors (Lipinski definition) is 4. The molecule has 18 heavy (non-hydrogen) atoms. The normalized spacial score (nSPS) is 12.7. The van der Waals surface area contributed by atoms with Gasteiger partial charge in [0.25, 0.3) is 0 Å². The Kier molecular flexibility index (Phi) is 3.06. The molecule has 0 aliphatic carbocycles. The fourth-order valence-electron chi connectivity index (χ4n) is 2.04. The number of thiophene rings is 1. The topological polar surface area (TPSA) is 50.9 Å². The van der Waals surface area contributed by atoms with Crippen LogP contribution in [0.3, 0.4) is 0 Å². The van der Waals surface area contributed by atoms with Crippen molar-refractivity contribution in [1.29, 1.82) is 0 Å². The van der Waals surface area contributed by atoms with Gasteiger partial charge in [0, 0.05) is 16.5 Å². The van der Waals surface area contributed by atoms with Crippen molar-refractivity contribution < 1.29 is 0 Å². The molecule has 0 saturated carbocycles. The van der Waals surface area contributed by atoms with Crippen LogP contribution in [0.15, 0.2) is 54.0 Å². The van der Waals surface area contributed by atoms with Gasteiger partial charge in [-0.1, -0.05) is 24.3 Å². The van der Waals surface area contributed by atoms with Gasteiger partial charge in [0.15, 0.2) is 0 Å². The molecule has 4 heteroatoms.